The van der Waals surface area contributed by atoms with Gasteiger partial charge in [-0.1, -0.05) is 31.8 Å². The molecule has 42 heavy (non-hydrogen) atoms. The average molecular weight is 593 g/mol. The van der Waals surface area contributed by atoms with Crippen molar-refractivity contribution in [2.45, 2.75) is 38.7 Å². The monoisotopic (exact) mass is 593 g/mol. The van der Waals surface area contributed by atoms with Crippen LogP contribution in [0.25, 0.3) is 11.1 Å². The fraction of sp³-hybridized carbons (Fsp3) is 0.194. The van der Waals surface area contributed by atoms with Crippen LogP contribution in [-0.2, 0) is 12.5 Å². The molecule has 11 heteroatoms. The lowest BCUT2D eigenvalue weighted by atomic mass is 9.99. The molecule has 0 aliphatic carbocycles. The maximum absolute atomic E-state index is 14.9. The van der Waals surface area contributed by atoms with Crippen LogP contribution in [0, 0.1) is 52.6 Å². The molecule has 0 amide bonds. The Morgan fingerprint density at radius 2 is 1.36 bits per heavy atom. The topological polar surface area (TPSA) is 22.1 Å². The highest BCUT2D eigenvalue weighted by molar-refractivity contribution is 5.67. The predicted molar refractivity (Wildman–Crippen MR) is 136 cm³/mol. The van der Waals surface area contributed by atoms with Crippen molar-refractivity contribution >= 4 is 0 Å². The molecule has 4 aromatic rings. The molecule has 218 valence electrons. The first-order chi connectivity index (χ1) is 19.9. The molecule has 1 heterocycles. The van der Waals surface area contributed by atoms with Crippen LogP contribution in [0.2, 0.25) is 0 Å². The predicted octanol–water partition coefficient (Wildman–Crippen LogP) is 8.98. The van der Waals surface area contributed by atoms with Crippen LogP contribution >= 0.6 is 0 Å². The van der Waals surface area contributed by atoms with Gasteiger partial charge >= 0.3 is 6.11 Å². The largest absolute Gasteiger partial charge is 0.432 e. The molecule has 2 nitrogen and oxygen atoms in total. The summed E-state index contributed by atoms with van der Waals surface area (Å²) in [6, 6.07) is 5.66. The van der Waals surface area contributed by atoms with Gasteiger partial charge in [0.2, 0.25) is 0 Å². The van der Waals surface area contributed by atoms with Crippen molar-refractivity contribution in [2.75, 3.05) is 0 Å². The molecule has 0 N–H and O–H groups in total. The number of pyridine rings is 1. The molecule has 0 unspecified atom stereocenters. The number of hydrogen-bond acceptors (Lipinski definition) is 2. The Hall–Kier alpha value is -4.46. The second-order valence-corrected chi connectivity index (χ2v) is 9.21. The first-order valence-corrected chi connectivity index (χ1v) is 12.6. The molecule has 0 radical (unpaired) electrons. The lowest BCUT2D eigenvalue weighted by Crippen LogP contribution is -2.25. The number of ether oxygens (including phenoxy) is 1. The van der Waals surface area contributed by atoms with E-state index in [4.69, 9.17) is 0 Å². The minimum atomic E-state index is -4.86. The number of hydrogen-bond donors (Lipinski definition) is 0. The molecular formula is C31H20F9NO. The van der Waals surface area contributed by atoms with Gasteiger partial charge < -0.3 is 4.74 Å². The Labute approximate surface area is 234 Å². The van der Waals surface area contributed by atoms with Crippen LogP contribution < -0.4 is 4.74 Å². The maximum Gasteiger partial charge on any atom is 0.432 e. The summed E-state index contributed by atoms with van der Waals surface area (Å²) in [7, 11) is 0. The lowest BCUT2D eigenvalue weighted by Gasteiger charge is -2.20. The third-order valence-electron chi connectivity index (χ3n) is 6.10. The van der Waals surface area contributed by atoms with Gasteiger partial charge in [0.05, 0.1) is 5.56 Å². The van der Waals surface area contributed by atoms with Gasteiger partial charge in [-0.2, -0.15) is 8.78 Å². The van der Waals surface area contributed by atoms with Crippen molar-refractivity contribution in [3.05, 3.63) is 118 Å². The smallest absolute Gasteiger partial charge is 0.429 e. The van der Waals surface area contributed by atoms with Crippen molar-refractivity contribution in [1.82, 2.24) is 4.98 Å². The first-order valence-electron chi connectivity index (χ1n) is 12.6. The molecule has 0 fully saturated rings. The van der Waals surface area contributed by atoms with Crippen LogP contribution in [0.15, 0.2) is 54.7 Å². The summed E-state index contributed by atoms with van der Waals surface area (Å²) in [6.45, 7) is 2.09. The molecule has 4 rings (SSSR count). The first kappa shape index (κ1) is 30.5. The highest BCUT2D eigenvalue weighted by atomic mass is 19.3. The minimum Gasteiger partial charge on any atom is -0.429 e. The summed E-state index contributed by atoms with van der Waals surface area (Å²) >= 11 is 0. The summed E-state index contributed by atoms with van der Waals surface area (Å²) < 4.78 is 132. The SMILES string of the molecule is CCCCCc1ccc(C#Cc2cc(F)c(-c3cc(F)c(C(F)(F)Oc4cc(F)c(F)c(F)c4)c(F)c3)c(F)c2)nc1. The Balaban J connectivity index is 1.58. The number of benzene rings is 3. The van der Waals surface area contributed by atoms with E-state index in [2.05, 4.69) is 28.5 Å². The molecule has 0 saturated heterocycles. The zero-order chi connectivity index (χ0) is 30.6. The molecule has 0 bridgehead atoms. The van der Waals surface area contributed by atoms with E-state index in [9.17, 15) is 39.5 Å². The number of alkyl halides is 2. The summed E-state index contributed by atoms with van der Waals surface area (Å²) in [5, 5.41) is 0. The van der Waals surface area contributed by atoms with Gasteiger partial charge in [0.1, 0.15) is 40.3 Å². The molecule has 0 aliphatic rings. The normalized spacial score (nSPS) is 11.3. The standard InChI is InChI=1S/C31H20F9NO/c1-2-3-4-5-17-6-8-20(41-16-17)9-7-18-10-22(32)28(23(33)11-18)19-12-24(34)29(25(35)13-19)31(39,40)42-21-14-26(36)30(38)27(37)15-21/h6,8,10-16H,2-5H2,1H3. The highest BCUT2D eigenvalue weighted by Gasteiger charge is 2.42. The van der Waals surface area contributed by atoms with E-state index in [0.717, 1.165) is 43.4 Å². The highest BCUT2D eigenvalue weighted by Crippen LogP contribution is 2.38. The van der Waals surface area contributed by atoms with E-state index in [1.54, 1.807) is 12.3 Å². The number of halogens is 9. The van der Waals surface area contributed by atoms with Crippen molar-refractivity contribution in [2.24, 2.45) is 0 Å². The summed E-state index contributed by atoms with van der Waals surface area (Å²) in [4.78, 5) is 4.20. The molecule has 0 spiro atoms. The van der Waals surface area contributed by atoms with E-state index >= 15 is 0 Å². The molecule has 0 aliphatic heterocycles. The Bertz CT molecular complexity index is 1610. The Morgan fingerprint density at radius 3 is 1.90 bits per heavy atom. The van der Waals surface area contributed by atoms with Gasteiger partial charge in [0.15, 0.2) is 17.5 Å². The van der Waals surface area contributed by atoms with E-state index in [-0.39, 0.29) is 29.8 Å². The van der Waals surface area contributed by atoms with Crippen LogP contribution in [0.1, 0.15) is 48.6 Å². The number of aromatic nitrogens is 1. The van der Waals surface area contributed by atoms with Crippen molar-refractivity contribution < 1.29 is 44.3 Å². The van der Waals surface area contributed by atoms with Crippen molar-refractivity contribution in [3.8, 4) is 28.7 Å². The number of nitrogens with zero attached hydrogens (tertiary/aromatic N) is 1. The van der Waals surface area contributed by atoms with Gasteiger partial charge in [-0.25, -0.2) is 35.7 Å². The van der Waals surface area contributed by atoms with E-state index in [1.165, 1.54) is 0 Å². The third kappa shape index (κ3) is 6.87. The fourth-order valence-electron chi connectivity index (χ4n) is 4.07. The summed E-state index contributed by atoms with van der Waals surface area (Å²) in [5.74, 6) is -8.35. The summed E-state index contributed by atoms with van der Waals surface area (Å²) in [5.41, 5.74) is -2.47. The Morgan fingerprint density at radius 1 is 0.738 bits per heavy atom. The van der Waals surface area contributed by atoms with E-state index in [1.807, 2.05) is 6.07 Å². The average Bonchev–Trinajstić information content (AvgIpc) is 2.90. The molecule has 0 saturated carbocycles. The third-order valence-corrected chi connectivity index (χ3v) is 6.10. The van der Waals surface area contributed by atoms with Crippen molar-refractivity contribution in [3.63, 3.8) is 0 Å². The van der Waals surface area contributed by atoms with Crippen LogP contribution in [-0.4, -0.2) is 4.98 Å². The van der Waals surface area contributed by atoms with Crippen LogP contribution in [0.3, 0.4) is 0 Å². The number of unbranched alkanes of at least 4 members (excludes halogenated alkanes) is 2. The zero-order valence-corrected chi connectivity index (χ0v) is 21.8. The fourth-order valence-corrected chi connectivity index (χ4v) is 4.07. The minimum absolute atomic E-state index is 0.0471. The van der Waals surface area contributed by atoms with Gasteiger partial charge in [0, 0.05) is 23.9 Å². The molecule has 3 aromatic carbocycles. The molecule has 1 aromatic heterocycles. The molecular weight excluding hydrogens is 573 g/mol. The summed E-state index contributed by atoms with van der Waals surface area (Å²) in [6.07, 6.45) is 0.825. The van der Waals surface area contributed by atoms with E-state index in [0.29, 0.717) is 5.69 Å². The van der Waals surface area contributed by atoms with E-state index < -0.39 is 69.3 Å². The zero-order valence-electron chi connectivity index (χ0n) is 21.8. The van der Waals surface area contributed by atoms with Gasteiger partial charge in [0.25, 0.3) is 0 Å². The van der Waals surface area contributed by atoms with Crippen LogP contribution in [0.5, 0.6) is 5.75 Å². The number of rotatable bonds is 8. The van der Waals surface area contributed by atoms with Crippen molar-refractivity contribution in [1.29, 1.82) is 0 Å². The maximum atomic E-state index is 14.9. The quantitative estimate of drug-likeness (QED) is 0.0881. The lowest BCUT2D eigenvalue weighted by molar-refractivity contribution is -0.189. The van der Waals surface area contributed by atoms with Gasteiger partial charge in [-0.3, -0.25) is 0 Å². The van der Waals surface area contributed by atoms with Gasteiger partial charge in [-0.05, 0) is 60.2 Å². The van der Waals surface area contributed by atoms with Crippen LogP contribution in [0.4, 0.5) is 39.5 Å². The van der Waals surface area contributed by atoms with Gasteiger partial charge in [-0.15, -0.1) is 0 Å². The number of aryl methyl sites for hydroxylation is 1. The molecule has 0 atom stereocenters. The second kappa shape index (κ2) is 12.6. The second-order valence-electron chi connectivity index (χ2n) is 9.21. The Kier molecular flexibility index (Phi) is 9.14.